The van der Waals surface area contributed by atoms with Crippen molar-refractivity contribution in [1.82, 2.24) is 4.90 Å². The highest BCUT2D eigenvalue weighted by Crippen LogP contribution is 2.49. The molecule has 2 aromatic rings. The van der Waals surface area contributed by atoms with Gasteiger partial charge in [0.1, 0.15) is 5.82 Å². The zero-order valence-corrected chi connectivity index (χ0v) is 14.2. The molecule has 0 spiro atoms. The van der Waals surface area contributed by atoms with Crippen molar-refractivity contribution in [3.8, 4) is 10.4 Å². The van der Waals surface area contributed by atoms with E-state index in [0.29, 0.717) is 12.5 Å². The van der Waals surface area contributed by atoms with E-state index >= 15 is 0 Å². The Hall–Kier alpha value is -1.72. The van der Waals surface area contributed by atoms with Crippen molar-refractivity contribution in [2.75, 3.05) is 13.1 Å². The molecule has 2 fully saturated rings. The molecule has 1 aromatic carbocycles. The summed E-state index contributed by atoms with van der Waals surface area (Å²) >= 11 is 1.70. The molecule has 3 nitrogen and oxygen atoms in total. The summed E-state index contributed by atoms with van der Waals surface area (Å²) in [6, 6.07) is 10.7. The Kier molecular flexibility index (Phi) is 3.93. The predicted octanol–water partition coefficient (Wildman–Crippen LogP) is 4.24. The number of carbonyl (C=O) groups is 1. The molecule has 0 unspecified atom stereocenters. The van der Waals surface area contributed by atoms with Crippen molar-refractivity contribution in [2.45, 2.75) is 25.8 Å². The first-order chi connectivity index (χ1) is 11.6. The van der Waals surface area contributed by atoms with Gasteiger partial charge in [-0.15, -0.1) is 11.3 Å². The standard InChI is InChI=1S/C19H20FNO2S/c20-15-5-3-13(4-6-15)17-8-7-16(24-17)11-21-10-14-2-1-9-19(14,12-21)18(22)23/h3-8,14H,1-2,9-12H2,(H,22,23)/t14-,19+/m0/s1. The highest BCUT2D eigenvalue weighted by Gasteiger charge is 2.54. The Balaban J connectivity index is 1.47. The normalized spacial score (nSPS) is 26.6. The number of hydrogen-bond acceptors (Lipinski definition) is 3. The number of carboxylic acids is 1. The summed E-state index contributed by atoms with van der Waals surface area (Å²) in [5.74, 6) is -0.546. The zero-order chi connectivity index (χ0) is 16.7. The number of carboxylic acid groups (broad SMARTS) is 1. The molecule has 0 radical (unpaired) electrons. The van der Waals surface area contributed by atoms with Gasteiger partial charge in [0.15, 0.2) is 0 Å². The van der Waals surface area contributed by atoms with E-state index in [1.165, 1.54) is 17.0 Å². The molecule has 126 valence electrons. The van der Waals surface area contributed by atoms with E-state index in [9.17, 15) is 14.3 Å². The van der Waals surface area contributed by atoms with Crippen molar-refractivity contribution >= 4 is 17.3 Å². The Morgan fingerprint density at radius 2 is 2.08 bits per heavy atom. The molecule has 1 saturated heterocycles. The van der Waals surface area contributed by atoms with E-state index in [4.69, 9.17) is 0 Å². The highest BCUT2D eigenvalue weighted by atomic mass is 32.1. The summed E-state index contributed by atoms with van der Waals surface area (Å²) in [4.78, 5) is 16.4. The van der Waals surface area contributed by atoms with Crippen LogP contribution in [0.1, 0.15) is 24.1 Å². The van der Waals surface area contributed by atoms with Gasteiger partial charge in [-0.25, -0.2) is 4.39 Å². The van der Waals surface area contributed by atoms with Gasteiger partial charge in [0.2, 0.25) is 0 Å². The summed E-state index contributed by atoms with van der Waals surface area (Å²) in [6.45, 7) is 2.35. The fourth-order valence-electron chi connectivity index (χ4n) is 4.32. The maximum absolute atomic E-state index is 13.0. The van der Waals surface area contributed by atoms with Crippen molar-refractivity contribution in [1.29, 1.82) is 0 Å². The minimum atomic E-state index is -0.620. The van der Waals surface area contributed by atoms with Crippen LogP contribution >= 0.6 is 11.3 Å². The summed E-state index contributed by atoms with van der Waals surface area (Å²) in [5.41, 5.74) is 0.504. The Morgan fingerprint density at radius 3 is 2.79 bits per heavy atom. The van der Waals surface area contributed by atoms with Crippen LogP contribution in [0.4, 0.5) is 4.39 Å². The van der Waals surface area contributed by atoms with Crippen molar-refractivity contribution in [3.63, 3.8) is 0 Å². The minimum Gasteiger partial charge on any atom is -0.481 e. The molecule has 2 aliphatic rings. The van der Waals surface area contributed by atoms with Gasteiger partial charge in [-0.05, 0) is 48.6 Å². The fourth-order valence-corrected chi connectivity index (χ4v) is 5.37. The lowest BCUT2D eigenvalue weighted by atomic mass is 9.81. The summed E-state index contributed by atoms with van der Waals surface area (Å²) in [5, 5.41) is 9.68. The van der Waals surface area contributed by atoms with Crippen LogP contribution in [0.25, 0.3) is 10.4 Å². The zero-order valence-electron chi connectivity index (χ0n) is 13.4. The lowest BCUT2D eigenvalue weighted by molar-refractivity contribution is -0.149. The van der Waals surface area contributed by atoms with E-state index < -0.39 is 11.4 Å². The second-order valence-electron chi connectivity index (χ2n) is 6.99. The first-order valence-corrected chi connectivity index (χ1v) is 9.19. The molecule has 1 aromatic heterocycles. The van der Waals surface area contributed by atoms with Crippen LogP contribution < -0.4 is 0 Å². The van der Waals surface area contributed by atoms with Crippen LogP contribution in [0.3, 0.4) is 0 Å². The third kappa shape index (κ3) is 2.66. The first kappa shape index (κ1) is 15.8. The number of rotatable bonds is 4. The largest absolute Gasteiger partial charge is 0.481 e. The number of halogens is 1. The van der Waals surface area contributed by atoms with Crippen LogP contribution in [0, 0.1) is 17.2 Å². The second kappa shape index (κ2) is 5.97. The molecular formula is C19H20FNO2S. The van der Waals surface area contributed by atoms with E-state index in [1.807, 2.05) is 0 Å². The third-order valence-electron chi connectivity index (χ3n) is 5.54. The molecule has 4 rings (SSSR count). The van der Waals surface area contributed by atoms with E-state index in [1.54, 1.807) is 23.5 Å². The van der Waals surface area contributed by atoms with Gasteiger partial charge in [0.05, 0.1) is 5.41 Å². The molecule has 1 saturated carbocycles. The molecular weight excluding hydrogens is 325 g/mol. The van der Waals surface area contributed by atoms with E-state index in [0.717, 1.165) is 42.8 Å². The molecule has 1 N–H and O–H groups in total. The number of likely N-dealkylation sites (tertiary alicyclic amines) is 1. The lowest BCUT2D eigenvalue weighted by Gasteiger charge is -2.23. The molecule has 1 aliphatic heterocycles. The molecule has 5 heteroatoms. The smallest absolute Gasteiger partial charge is 0.311 e. The van der Waals surface area contributed by atoms with Gasteiger partial charge < -0.3 is 5.11 Å². The highest BCUT2D eigenvalue weighted by molar-refractivity contribution is 7.15. The lowest BCUT2D eigenvalue weighted by Crippen LogP contribution is -2.35. The minimum absolute atomic E-state index is 0.224. The Bertz CT molecular complexity index is 757. The van der Waals surface area contributed by atoms with Crippen LogP contribution in [-0.4, -0.2) is 29.1 Å². The Labute approximate surface area is 144 Å². The third-order valence-corrected chi connectivity index (χ3v) is 6.66. The number of benzene rings is 1. The molecule has 2 heterocycles. The molecule has 0 bridgehead atoms. The van der Waals surface area contributed by atoms with Gasteiger partial charge in [-0.3, -0.25) is 9.69 Å². The SMILES string of the molecule is O=C(O)[C@@]12CCC[C@H]1CN(Cc1ccc(-c3ccc(F)cc3)s1)C2. The number of fused-ring (bicyclic) bond motifs is 1. The van der Waals surface area contributed by atoms with E-state index in [-0.39, 0.29) is 5.82 Å². The maximum atomic E-state index is 13.0. The average molecular weight is 345 g/mol. The molecule has 0 amide bonds. The number of nitrogens with zero attached hydrogens (tertiary/aromatic N) is 1. The van der Waals surface area contributed by atoms with E-state index in [2.05, 4.69) is 17.0 Å². The number of aliphatic carboxylic acids is 1. The maximum Gasteiger partial charge on any atom is 0.311 e. The van der Waals surface area contributed by atoms with Crippen LogP contribution in [-0.2, 0) is 11.3 Å². The molecule has 1 aliphatic carbocycles. The summed E-state index contributed by atoms with van der Waals surface area (Å²) < 4.78 is 13.0. The van der Waals surface area contributed by atoms with Gasteiger partial charge in [-0.2, -0.15) is 0 Å². The molecule has 24 heavy (non-hydrogen) atoms. The van der Waals surface area contributed by atoms with Gasteiger partial charge in [0.25, 0.3) is 0 Å². The van der Waals surface area contributed by atoms with Gasteiger partial charge >= 0.3 is 5.97 Å². The Morgan fingerprint density at radius 1 is 1.29 bits per heavy atom. The average Bonchev–Trinajstić information content (AvgIpc) is 3.22. The van der Waals surface area contributed by atoms with Crippen LogP contribution in [0.15, 0.2) is 36.4 Å². The fraction of sp³-hybridized carbons (Fsp3) is 0.421. The number of thiophene rings is 1. The van der Waals surface area contributed by atoms with Crippen molar-refractivity contribution < 1.29 is 14.3 Å². The predicted molar refractivity (Wildman–Crippen MR) is 92.4 cm³/mol. The first-order valence-electron chi connectivity index (χ1n) is 8.37. The molecule has 2 atom stereocenters. The monoisotopic (exact) mass is 345 g/mol. The summed E-state index contributed by atoms with van der Waals surface area (Å²) in [7, 11) is 0. The topological polar surface area (TPSA) is 40.5 Å². The number of hydrogen-bond donors (Lipinski definition) is 1. The van der Waals surface area contributed by atoms with Gasteiger partial charge in [0, 0.05) is 29.4 Å². The van der Waals surface area contributed by atoms with Crippen molar-refractivity contribution in [3.05, 3.63) is 47.1 Å². The van der Waals surface area contributed by atoms with Crippen LogP contribution in [0.5, 0.6) is 0 Å². The second-order valence-corrected chi connectivity index (χ2v) is 8.16. The van der Waals surface area contributed by atoms with Crippen molar-refractivity contribution in [2.24, 2.45) is 11.3 Å². The van der Waals surface area contributed by atoms with Crippen LogP contribution in [0.2, 0.25) is 0 Å². The van der Waals surface area contributed by atoms with Gasteiger partial charge in [-0.1, -0.05) is 18.6 Å². The quantitative estimate of drug-likeness (QED) is 0.901. The summed E-state index contributed by atoms with van der Waals surface area (Å²) in [6.07, 6.45) is 2.89.